The Bertz CT molecular complexity index is 880. The van der Waals surface area contributed by atoms with E-state index in [0.717, 1.165) is 24.9 Å². The molecule has 0 amide bonds. The summed E-state index contributed by atoms with van der Waals surface area (Å²) in [5, 5.41) is 0. The molecule has 1 saturated heterocycles. The van der Waals surface area contributed by atoms with E-state index < -0.39 is 0 Å². The number of hydrogen-bond acceptors (Lipinski definition) is 1. The lowest BCUT2D eigenvalue weighted by Crippen LogP contribution is -2.42. The summed E-state index contributed by atoms with van der Waals surface area (Å²) in [5.41, 5.74) is 5.94. The van der Waals surface area contributed by atoms with Gasteiger partial charge in [0, 0.05) is 24.4 Å². The van der Waals surface area contributed by atoms with Crippen LogP contribution in [0, 0.1) is 18.3 Å². The fourth-order valence-electron chi connectivity index (χ4n) is 5.70. The number of piperidine rings is 1. The molecule has 1 aliphatic carbocycles. The van der Waals surface area contributed by atoms with Gasteiger partial charge in [-0.05, 0) is 74.3 Å². The Morgan fingerprint density at radius 1 is 0.868 bits per heavy atom. The molecular formula is C37H59N. The number of likely N-dealkylation sites (tertiary alicyclic amines) is 1. The largest absolute Gasteiger partial charge is 0.371 e. The number of rotatable bonds is 5. The summed E-state index contributed by atoms with van der Waals surface area (Å²) in [6.45, 7) is 25.4. The Morgan fingerprint density at radius 2 is 1.37 bits per heavy atom. The zero-order valence-electron chi connectivity index (χ0n) is 26.1. The van der Waals surface area contributed by atoms with Gasteiger partial charge in [0.2, 0.25) is 0 Å². The molecule has 1 aliphatic heterocycles. The number of unbranched alkanes of at least 4 members (excludes halogenated alkanes) is 2. The quantitative estimate of drug-likeness (QED) is 0.356. The summed E-state index contributed by atoms with van der Waals surface area (Å²) < 4.78 is 0. The molecule has 1 saturated carbocycles. The molecule has 0 N–H and O–H groups in total. The van der Waals surface area contributed by atoms with Crippen LogP contribution >= 0.6 is 0 Å². The summed E-state index contributed by atoms with van der Waals surface area (Å²) in [7, 11) is 0. The predicted octanol–water partition coefficient (Wildman–Crippen LogP) is 11.5. The van der Waals surface area contributed by atoms with E-state index >= 15 is 0 Å². The lowest BCUT2D eigenvalue weighted by Gasteiger charge is -2.49. The summed E-state index contributed by atoms with van der Waals surface area (Å²) in [6, 6.07) is 19.9. The minimum absolute atomic E-state index is 0.528. The van der Waals surface area contributed by atoms with Crippen LogP contribution in [-0.2, 0) is 0 Å². The third-order valence-corrected chi connectivity index (χ3v) is 8.08. The van der Waals surface area contributed by atoms with Gasteiger partial charge in [-0.3, -0.25) is 0 Å². The van der Waals surface area contributed by atoms with E-state index in [0.29, 0.717) is 5.41 Å². The van der Waals surface area contributed by atoms with Crippen LogP contribution in [0.4, 0.5) is 0 Å². The van der Waals surface area contributed by atoms with Gasteiger partial charge in [0.15, 0.2) is 0 Å². The molecule has 1 heterocycles. The van der Waals surface area contributed by atoms with Crippen molar-refractivity contribution in [2.24, 2.45) is 11.3 Å². The number of aryl methyl sites for hydroxylation is 1. The van der Waals surface area contributed by atoms with Crippen LogP contribution in [-0.4, -0.2) is 18.0 Å². The molecule has 0 radical (unpaired) electrons. The van der Waals surface area contributed by atoms with E-state index in [2.05, 4.69) is 114 Å². The molecule has 2 atom stereocenters. The van der Waals surface area contributed by atoms with Gasteiger partial charge in [0.05, 0.1) is 0 Å². The second kappa shape index (κ2) is 18.9. The van der Waals surface area contributed by atoms with E-state index in [9.17, 15) is 0 Å². The minimum Gasteiger partial charge on any atom is -0.371 e. The van der Waals surface area contributed by atoms with E-state index in [4.69, 9.17) is 0 Å². The highest BCUT2D eigenvalue weighted by atomic mass is 15.1. The average molecular weight is 518 g/mol. The Balaban J connectivity index is 0.000000563. The van der Waals surface area contributed by atoms with Gasteiger partial charge in [-0.2, -0.15) is 0 Å². The first-order chi connectivity index (χ1) is 18.3. The molecule has 2 aromatic rings. The van der Waals surface area contributed by atoms with Gasteiger partial charge in [-0.25, -0.2) is 0 Å². The lowest BCUT2D eigenvalue weighted by molar-refractivity contribution is 0.0587. The van der Waals surface area contributed by atoms with Gasteiger partial charge < -0.3 is 4.90 Å². The van der Waals surface area contributed by atoms with Gasteiger partial charge >= 0.3 is 0 Å². The van der Waals surface area contributed by atoms with Crippen molar-refractivity contribution in [2.75, 3.05) is 13.1 Å². The topological polar surface area (TPSA) is 3.24 Å². The van der Waals surface area contributed by atoms with Gasteiger partial charge in [-0.15, -0.1) is 6.58 Å². The van der Waals surface area contributed by atoms with Crippen LogP contribution in [0.15, 0.2) is 73.8 Å². The van der Waals surface area contributed by atoms with E-state index in [1.165, 1.54) is 74.6 Å². The second-order valence-corrected chi connectivity index (χ2v) is 11.5. The van der Waals surface area contributed by atoms with E-state index in [-0.39, 0.29) is 0 Å². The minimum atomic E-state index is 0.528. The summed E-state index contributed by atoms with van der Waals surface area (Å²) in [5.74, 6) is 1.57. The summed E-state index contributed by atoms with van der Waals surface area (Å²) in [4.78, 5) is 2.53. The number of hydrogen-bond donors (Lipinski definition) is 0. The Morgan fingerprint density at radius 3 is 1.87 bits per heavy atom. The van der Waals surface area contributed by atoms with Crippen LogP contribution in [0.5, 0.6) is 0 Å². The number of benzene rings is 2. The molecule has 2 fully saturated rings. The standard InChI is InChI=1S/C26H33N.2C4H10.C3H6/c1-20-17-24(23-10-5-4-6-11-23)19-26(18-20)13-15-27(16-14-26)22(3)25-12-8-7-9-21(25)2;2*1-3-4-2;1-3-2/h4-12,20,24H,3,13-19H2,1-2H3;2*3-4H2,1-2H3;3H,1H2,2H3. The Kier molecular flexibility index (Phi) is 16.8. The first kappa shape index (κ1) is 33.7. The maximum atomic E-state index is 4.45. The molecular weight excluding hydrogens is 458 g/mol. The van der Waals surface area contributed by atoms with Crippen molar-refractivity contribution in [2.45, 2.75) is 112 Å². The SMILES string of the molecule is C=C(c1ccccc1C)N1CCC2(CC1)CC(C)CC(c1ccccc1)C2.C=CC.CCCC.CCCC. The summed E-state index contributed by atoms with van der Waals surface area (Å²) in [6.07, 6.45) is 13.8. The van der Waals surface area contributed by atoms with Gasteiger partial charge in [0.1, 0.15) is 0 Å². The molecule has 2 unspecified atom stereocenters. The molecule has 0 aromatic heterocycles. The highest BCUT2D eigenvalue weighted by molar-refractivity contribution is 5.64. The molecule has 2 aromatic carbocycles. The summed E-state index contributed by atoms with van der Waals surface area (Å²) >= 11 is 0. The first-order valence-electron chi connectivity index (χ1n) is 15.4. The number of allylic oxidation sites excluding steroid dienone is 1. The van der Waals surface area contributed by atoms with Gasteiger partial charge in [0.25, 0.3) is 0 Å². The highest BCUT2D eigenvalue weighted by Gasteiger charge is 2.41. The Hall–Kier alpha value is -2.28. The van der Waals surface area contributed by atoms with Gasteiger partial charge in [-0.1, -0.05) is 128 Å². The van der Waals surface area contributed by atoms with E-state index in [1.54, 1.807) is 11.6 Å². The lowest BCUT2D eigenvalue weighted by atomic mass is 9.60. The van der Waals surface area contributed by atoms with Crippen LogP contribution in [0.25, 0.3) is 5.70 Å². The maximum Gasteiger partial charge on any atom is 0.0369 e. The van der Waals surface area contributed by atoms with Crippen LogP contribution in [0.2, 0.25) is 0 Å². The van der Waals surface area contributed by atoms with Crippen molar-refractivity contribution in [3.8, 4) is 0 Å². The molecule has 0 bridgehead atoms. The molecule has 2 aliphatic rings. The molecule has 4 rings (SSSR count). The maximum absolute atomic E-state index is 4.45. The third-order valence-electron chi connectivity index (χ3n) is 8.08. The number of nitrogens with zero attached hydrogens (tertiary/aromatic N) is 1. The van der Waals surface area contributed by atoms with Crippen molar-refractivity contribution in [1.29, 1.82) is 0 Å². The predicted molar refractivity (Wildman–Crippen MR) is 173 cm³/mol. The van der Waals surface area contributed by atoms with Crippen LogP contribution in [0.1, 0.15) is 122 Å². The highest BCUT2D eigenvalue weighted by Crippen LogP contribution is 2.52. The smallest absolute Gasteiger partial charge is 0.0369 e. The van der Waals surface area contributed by atoms with Crippen LogP contribution in [0.3, 0.4) is 0 Å². The fraction of sp³-hybridized carbons (Fsp3) is 0.568. The molecule has 1 spiro atoms. The van der Waals surface area contributed by atoms with Crippen molar-refractivity contribution >= 4 is 5.70 Å². The molecule has 1 heteroatoms. The third kappa shape index (κ3) is 11.2. The van der Waals surface area contributed by atoms with Crippen molar-refractivity contribution in [3.63, 3.8) is 0 Å². The first-order valence-corrected chi connectivity index (χ1v) is 15.4. The van der Waals surface area contributed by atoms with Crippen molar-refractivity contribution in [1.82, 2.24) is 4.90 Å². The Labute approximate surface area is 237 Å². The van der Waals surface area contributed by atoms with E-state index in [1.807, 2.05) is 6.92 Å². The molecule has 38 heavy (non-hydrogen) atoms. The van der Waals surface area contributed by atoms with Crippen LogP contribution < -0.4 is 0 Å². The van der Waals surface area contributed by atoms with Crippen molar-refractivity contribution in [3.05, 3.63) is 90.5 Å². The zero-order valence-corrected chi connectivity index (χ0v) is 26.1. The van der Waals surface area contributed by atoms with Crippen molar-refractivity contribution < 1.29 is 0 Å². The molecule has 212 valence electrons. The monoisotopic (exact) mass is 517 g/mol. The average Bonchev–Trinajstić information content (AvgIpc) is 2.94. The fourth-order valence-corrected chi connectivity index (χ4v) is 5.70. The molecule has 1 nitrogen and oxygen atoms in total. The zero-order chi connectivity index (χ0) is 28.4. The normalized spacial score (nSPS) is 19.5. The second-order valence-electron chi connectivity index (χ2n) is 11.5.